The van der Waals surface area contributed by atoms with E-state index >= 15 is 0 Å². The van der Waals surface area contributed by atoms with E-state index in [0.717, 1.165) is 60.8 Å². The Bertz CT molecular complexity index is 825. The molecule has 0 aromatic heterocycles. The van der Waals surface area contributed by atoms with Gasteiger partial charge in [-0.25, -0.2) is 0 Å². The Morgan fingerprint density at radius 2 is 0.458 bits per heavy atom. The standard InChI is InChI=1S/2C23H50NO3.H2O4S/c2*1-2-3-4-5-6-7-8-9-10-11-12-13-14-15-17-24(19-22-26,20-23-27)18-16-21-25;1-5(2,3)4/h2*25-27H,2-23H2,1H3;(H2,1,2,3,4)/q2*+1;/p-2. The van der Waals surface area contributed by atoms with Crippen molar-refractivity contribution in [1.29, 1.82) is 0 Å². The van der Waals surface area contributed by atoms with Gasteiger partial charge in [0.1, 0.15) is 26.2 Å². The molecule has 0 saturated heterocycles. The predicted octanol–water partition coefficient (Wildman–Crippen LogP) is 7.97. The molecule has 0 bridgehead atoms. The zero-order chi connectivity index (χ0) is 44.6. The minimum Gasteiger partial charge on any atom is -0.759 e. The van der Waals surface area contributed by atoms with Crippen molar-refractivity contribution in [3.8, 4) is 0 Å². The first-order valence-electron chi connectivity index (χ1n) is 24.5. The van der Waals surface area contributed by atoms with E-state index in [4.69, 9.17) is 27.7 Å². The Morgan fingerprint density at radius 3 is 0.627 bits per heavy atom. The number of hydrogen-bond donors (Lipinski definition) is 6. The van der Waals surface area contributed by atoms with Gasteiger partial charge in [-0.3, -0.25) is 8.42 Å². The lowest BCUT2D eigenvalue weighted by Gasteiger charge is -2.38. The molecule has 0 aliphatic rings. The van der Waals surface area contributed by atoms with Crippen LogP contribution in [0.15, 0.2) is 0 Å². The van der Waals surface area contributed by atoms with Gasteiger partial charge < -0.3 is 48.7 Å². The van der Waals surface area contributed by atoms with Crippen LogP contribution >= 0.6 is 0 Å². The van der Waals surface area contributed by atoms with Crippen LogP contribution in [0.2, 0.25) is 0 Å². The fourth-order valence-corrected chi connectivity index (χ4v) is 8.29. The van der Waals surface area contributed by atoms with Gasteiger partial charge in [0.15, 0.2) is 0 Å². The maximum absolute atomic E-state index is 9.38. The van der Waals surface area contributed by atoms with Gasteiger partial charge in [0.25, 0.3) is 0 Å². The zero-order valence-corrected chi connectivity index (χ0v) is 39.5. The van der Waals surface area contributed by atoms with Crippen molar-refractivity contribution < 1.29 is 57.1 Å². The smallest absolute Gasteiger partial charge is 0.102 e. The highest BCUT2D eigenvalue weighted by Crippen LogP contribution is 2.17. The van der Waals surface area contributed by atoms with E-state index in [1.165, 1.54) is 167 Å². The predicted molar refractivity (Wildman–Crippen MR) is 242 cm³/mol. The summed E-state index contributed by atoms with van der Waals surface area (Å²) >= 11 is 0. The Kier molecular flexibility index (Phi) is 51.7. The van der Waals surface area contributed by atoms with Crippen LogP contribution in [0.3, 0.4) is 0 Å². The second-order valence-corrected chi connectivity index (χ2v) is 17.9. The van der Waals surface area contributed by atoms with Gasteiger partial charge in [0.05, 0.1) is 52.6 Å². The summed E-state index contributed by atoms with van der Waals surface area (Å²) in [5.41, 5.74) is 0. The van der Waals surface area contributed by atoms with Gasteiger partial charge in [-0.15, -0.1) is 0 Å². The topological polar surface area (TPSA) is 202 Å². The molecule has 0 amide bonds. The minimum atomic E-state index is -5.17. The van der Waals surface area contributed by atoms with Gasteiger partial charge in [0.2, 0.25) is 0 Å². The first kappa shape index (κ1) is 62.8. The highest BCUT2D eigenvalue weighted by Gasteiger charge is 2.26. The molecule has 0 aliphatic carbocycles. The molecule has 0 aromatic rings. The van der Waals surface area contributed by atoms with E-state index in [9.17, 15) is 20.4 Å². The maximum Gasteiger partial charge on any atom is 0.102 e. The molecule has 0 spiro atoms. The average Bonchev–Trinajstić information content (AvgIpc) is 3.19. The first-order chi connectivity index (χ1) is 28.5. The van der Waals surface area contributed by atoms with E-state index < -0.39 is 10.4 Å². The summed E-state index contributed by atoms with van der Waals surface area (Å²) in [6.45, 7) is 12.1. The molecule has 360 valence electrons. The van der Waals surface area contributed by atoms with Crippen molar-refractivity contribution in [2.75, 3.05) is 92.0 Å². The quantitative estimate of drug-likeness (QED) is 0.0151. The summed E-state index contributed by atoms with van der Waals surface area (Å²) in [4.78, 5) is 0. The first-order valence-corrected chi connectivity index (χ1v) is 25.8. The highest BCUT2D eigenvalue weighted by molar-refractivity contribution is 7.79. The molecule has 0 aliphatic heterocycles. The molecule has 0 saturated carbocycles. The summed E-state index contributed by atoms with van der Waals surface area (Å²) in [5.74, 6) is 0. The number of aliphatic hydroxyl groups is 6. The van der Waals surface area contributed by atoms with Crippen molar-refractivity contribution in [3.05, 3.63) is 0 Å². The summed E-state index contributed by atoms with van der Waals surface area (Å²) in [6.07, 6.45) is 39.6. The third kappa shape index (κ3) is 50.1. The van der Waals surface area contributed by atoms with E-state index in [2.05, 4.69) is 13.8 Å². The Labute approximate surface area is 365 Å². The van der Waals surface area contributed by atoms with Gasteiger partial charge in [0, 0.05) is 36.5 Å². The normalized spacial score (nSPS) is 12.0. The van der Waals surface area contributed by atoms with Gasteiger partial charge in [-0.2, -0.15) is 0 Å². The lowest BCUT2D eigenvalue weighted by molar-refractivity contribution is -0.929. The van der Waals surface area contributed by atoms with Crippen LogP contribution in [0.25, 0.3) is 0 Å². The monoisotopic (exact) mass is 873 g/mol. The van der Waals surface area contributed by atoms with Crippen molar-refractivity contribution in [1.82, 2.24) is 0 Å². The molecule has 13 heteroatoms. The number of hydrogen-bond acceptors (Lipinski definition) is 10. The SMILES string of the molecule is CCCCCCCCCCCCCCCC[N+](CCO)(CCO)CCCO.CCCCCCCCCCCCCCCC[N+](CCO)(CCO)CCCO.O=S(=O)([O-])[O-]. The van der Waals surface area contributed by atoms with Crippen LogP contribution in [0.5, 0.6) is 0 Å². The molecule has 0 fully saturated rings. The van der Waals surface area contributed by atoms with Gasteiger partial charge in [-0.1, -0.05) is 168 Å². The van der Waals surface area contributed by atoms with E-state index in [-0.39, 0.29) is 39.6 Å². The van der Waals surface area contributed by atoms with Crippen LogP contribution in [-0.2, 0) is 10.4 Å². The fraction of sp³-hybridized carbons (Fsp3) is 1.00. The Balaban J connectivity index is -0.000000951. The zero-order valence-electron chi connectivity index (χ0n) is 38.7. The average molecular weight is 873 g/mol. The van der Waals surface area contributed by atoms with E-state index in [1.54, 1.807) is 0 Å². The van der Waals surface area contributed by atoms with Crippen LogP contribution in [-0.4, -0.2) is 149 Å². The van der Waals surface area contributed by atoms with Crippen molar-refractivity contribution >= 4 is 10.4 Å². The summed E-state index contributed by atoms with van der Waals surface area (Å²) in [6, 6.07) is 0. The third-order valence-electron chi connectivity index (χ3n) is 11.9. The number of unbranched alkanes of at least 4 members (excludes halogenated alkanes) is 26. The lowest BCUT2D eigenvalue weighted by Crippen LogP contribution is -2.53. The van der Waals surface area contributed by atoms with Gasteiger partial charge >= 0.3 is 0 Å². The number of rotatable bonds is 44. The summed E-state index contributed by atoms with van der Waals surface area (Å²) in [7, 11) is -5.17. The van der Waals surface area contributed by atoms with Crippen LogP contribution in [0, 0.1) is 0 Å². The molecule has 59 heavy (non-hydrogen) atoms. The van der Waals surface area contributed by atoms with Crippen LogP contribution in [0.1, 0.15) is 206 Å². The van der Waals surface area contributed by atoms with Crippen molar-refractivity contribution in [3.63, 3.8) is 0 Å². The summed E-state index contributed by atoms with van der Waals surface area (Å²) < 4.78 is 35.6. The molecular weight excluding hydrogens is 773 g/mol. The third-order valence-corrected chi connectivity index (χ3v) is 11.9. The van der Waals surface area contributed by atoms with E-state index in [1.807, 2.05) is 0 Å². The van der Waals surface area contributed by atoms with Crippen molar-refractivity contribution in [2.45, 2.75) is 206 Å². The Hall–Kier alpha value is -0.450. The molecule has 12 nitrogen and oxygen atoms in total. The lowest BCUT2D eigenvalue weighted by atomic mass is 10.0. The van der Waals surface area contributed by atoms with E-state index in [0.29, 0.717) is 26.2 Å². The molecule has 6 N–H and O–H groups in total. The maximum atomic E-state index is 9.38. The second-order valence-electron chi connectivity index (χ2n) is 17.1. The number of nitrogens with zero attached hydrogens (tertiary/aromatic N) is 2. The largest absolute Gasteiger partial charge is 0.759 e. The fourth-order valence-electron chi connectivity index (χ4n) is 8.29. The minimum absolute atomic E-state index is 0.157. The number of aliphatic hydroxyl groups excluding tert-OH is 6. The van der Waals surface area contributed by atoms with Gasteiger partial charge in [-0.05, 0) is 25.7 Å². The Morgan fingerprint density at radius 1 is 0.288 bits per heavy atom. The molecular formula is C46H100N2O10S. The molecule has 0 rings (SSSR count). The van der Waals surface area contributed by atoms with Crippen molar-refractivity contribution in [2.24, 2.45) is 0 Å². The highest BCUT2D eigenvalue weighted by atomic mass is 32.3. The molecule has 0 atom stereocenters. The summed E-state index contributed by atoms with van der Waals surface area (Å²) in [5, 5.41) is 55.8. The molecule has 0 unspecified atom stereocenters. The molecule has 0 radical (unpaired) electrons. The number of quaternary nitrogens is 2. The second kappa shape index (κ2) is 48.6. The molecule has 0 heterocycles. The van der Waals surface area contributed by atoms with Crippen LogP contribution in [0.4, 0.5) is 0 Å². The van der Waals surface area contributed by atoms with Crippen LogP contribution < -0.4 is 0 Å². The molecule has 0 aromatic carbocycles.